The number of nitrogens with one attached hydrogen (secondary N) is 1. The first-order valence-electron chi connectivity index (χ1n) is 10.5. The molecule has 162 valence electrons. The van der Waals surface area contributed by atoms with Crippen molar-refractivity contribution in [2.75, 3.05) is 37.8 Å². The third-order valence-electron chi connectivity index (χ3n) is 5.46. The fourth-order valence-corrected chi connectivity index (χ4v) is 4.66. The molecular weight excluding hydrogens is 400 g/mol. The Morgan fingerprint density at radius 1 is 1.27 bits per heavy atom. The van der Waals surface area contributed by atoms with E-state index in [-0.39, 0.29) is 17.3 Å². The molecule has 30 heavy (non-hydrogen) atoms. The van der Waals surface area contributed by atoms with E-state index in [0.29, 0.717) is 23.0 Å². The summed E-state index contributed by atoms with van der Waals surface area (Å²) in [5.41, 5.74) is 2.64. The van der Waals surface area contributed by atoms with Crippen molar-refractivity contribution in [1.29, 1.82) is 0 Å². The van der Waals surface area contributed by atoms with E-state index in [1.54, 1.807) is 19.2 Å². The van der Waals surface area contributed by atoms with Gasteiger partial charge in [0.25, 0.3) is 0 Å². The van der Waals surface area contributed by atoms with Crippen LogP contribution in [0.3, 0.4) is 0 Å². The van der Waals surface area contributed by atoms with Gasteiger partial charge in [-0.15, -0.1) is 0 Å². The third kappa shape index (κ3) is 5.23. The highest BCUT2D eigenvalue weighted by Gasteiger charge is 2.22. The second kappa shape index (κ2) is 10.6. The number of aromatic nitrogens is 2. The Morgan fingerprint density at radius 3 is 2.77 bits per heavy atom. The minimum absolute atomic E-state index is 0.149. The average molecular weight is 431 g/mol. The fraction of sp³-hybridized carbons (Fsp3) is 0.500. The van der Waals surface area contributed by atoms with Gasteiger partial charge in [0.15, 0.2) is 0 Å². The number of para-hydroxylation sites is 2. The van der Waals surface area contributed by atoms with Gasteiger partial charge in [0, 0.05) is 24.3 Å². The largest absolute Gasteiger partial charge is 0.495 e. The van der Waals surface area contributed by atoms with Crippen LogP contribution in [-0.4, -0.2) is 52.9 Å². The average Bonchev–Trinajstić information content (AvgIpc) is 3.24. The number of methoxy groups -OCH3 is 1. The molecule has 1 heterocycles. The van der Waals surface area contributed by atoms with Crippen molar-refractivity contribution in [3.63, 3.8) is 0 Å². The number of ether oxygens (including phenoxy) is 1. The molecular formula is C22H30N4O3S. The van der Waals surface area contributed by atoms with Crippen LogP contribution in [0.1, 0.15) is 31.5 Å². The first kappa shape index (κ1) is 22.4. The zero-order valence-corrected chi connectivity index (χ0v) is 18.8. The van der Waals surface area contributed by atoms with E-state index in [4.69, 9.17) is 4.74 Å². The molecule has 1 amide bonds. The molecule has 1 aliphatic rings. The van der Waals surface area contributed by atoms with Gasteiger partial charge in [-0.3, -0.25) is 9.36 Å². The predicted octanol–water partition coefficient (Wildman–Crippen LogP) is 2.81. The van der Waals surface area contributed by atoms with Crippen molar-refractivity contribution in [3.05, 3.63) is 46.0 Å². The number of benzene rings is 1. The molecule has 0 aliphatic heterocycles. The number of nitrogens with zero attached hydrogens (tertiary/aromatic N) is 3. The number of carbonyl (C=O) groups excluding carboxylic acids is 1. The van der Waals surface area contributed by atoms with Crippen molar-refractivity contribution < 1.29 is 9.53 Å². The number of hydrogen-bond donors (Lipinski definition) is 1. The van der Waals surface area contributed by atoms with Gasteiger partial charge in [0.05, 0.1) is 18.6 Å². The normalized spacial score (nSPS) is 12.8. The zero-order valence-electron chi connectivity index (χ0n) is 17.9. The highest BCUT2D eigenvalue weighted by atomic mass is 32.2. The Hall–Kier alpha value is -2.32. The maximum atomic E-state index is 12.7. The van der Waals surface area contributed by atoms with Crippen molar-refractivity contribution in [1.82, 2.24) is 14.5 Å². The molecule has 0 saturated carbocycles. The van der Waals surface area contributed by atoms with Crippen molar-refractivity contribution in [2.45, 2.75) is 44.7 Å². The highest BCUT2D eigenvalue weighted by molar-refractivity contribution is 8.00. The summed E-state index contributed by atoms with van der Waals surface area (Å²) in [6, 6.07) is 7.30. The molecule has 1 N–H and O–H groups in total. The summed E-state index contributed by atoms with van der Waals surface area (Å²) < 4.78 is 7.11. The number of rotatable bonds is 10. The number of hydrogen-bond acceptors (Lipinski definition) is 6. The number of thioether (sulfide) groups is 1. The molecule has 1 aliphatic carbocycles. The van der Waals surface area contributed by atoms with Crippen LogP contribution in [0, 0.1) is 0 Å². The summed E-state index contributed by atoms with van der Waals surface area (Å²) in [6.07, 6.45) is 2.82. The summed E-state index contributed by atoms with van der Waals surface area (Å²) in [4.78, 5) is 31.8. The van der Waals surface area contributed by atoms with Crippen LogP contribution in [-0.2, 0) is 24.2 Å². The van der Waals surface area contributed by atoms with Gasteiger partial charge < -0.3 is 15.0 Å². The molecule has 8 heteroatoms. The number of anilines is 1. The second-order valence-corrected chi connectivity index (χ2v) is 8.16. The molecule has 0 radical (unpaired) electrons. The van der Waals surface area contributed by atoms with Crippen LogP contribution in [0.5, 0.6) is 5.75 Å². The van der Waals surface area contributed by atoms with E-state index < -0.39 is 0 Å². The van der Waals surface area contributed by atoms with E-state index in [2.05, 4.69) is 29.0 Å². The number of fused-ring (bicyclic) bond motifs is 1. The molecule has 1 aromatic carbocycles. The lowest BCUT2D eigenvalue weighted by atomic mass is 10.2. The van der Waals surface area contributed by atoms with E-state index in [0.717, 1.165) is 50.2 Å². The Labute approximate surface area is 181 Å². The smallest absolute Gasteiger partial charge is 0.348 e. The number of carbonyl (C=O) groups is 1. The lowest BCUT2D eigenvalue weighted by molar-refractivity contribution is -0.113. The number of amides is 1. The molecule has 0 bridgehead atoms. The molecule has 0 fully saturated rings. The first-order chi connectivity index (χ1) is 14.6. The molecule has 2 aromatic rings. The van der Waals surface area contributed by atoms with Gasteiger partial charge in [-0.2, -0.15) is 4.98 Å². The third-order valence-corrected chi connectivity index (χ3v) is 6.47. The predicted molar refractivity (Wildman–Crippen MR) is 121 cm³/mol. The van der Waals surface area contributed by atoms with Crippen molar-refractivity contribution >= 4 is 23.4 Å². The summed E-state index contributed by atoms with van der Waals surface area (Å²) >= 11 is 1.34. The monoisotopic (exact) mass is 430 g/mol. The topological polar surface area (TPSA) is 76.5 Å². The lowest BCUT2D eigenvalue weighted by Crippen LogP contribution is -2.34. The molecule has 7 nitrogen and oxygen atoms in total. The quantitative estimate of drug-likeness (QED) is 0.461. The van der Waals surface area contributed by atoms with Gasteiger partial charge in [-0.1, -0.05) is 37.7 Å². The maximum Gasteiger partial charge on any atom is 0.348 e. The van der Waals surface area contributed by atoms with Crippen LogP contribution in [0.25, 0.3) is 0 Å². The van der Waals surface area contributed by atoms with E-state index in [1.807, 2.05) is 16.7 Å². The summed E-state index contributed by atoms with van der Waals surface area (Å²) in [5.74, 6) is 0.662. The summed E-state index contributed by atoms with van der Waals surface area (Å²) in [6.45, 7) is 7.70. The van der Waals surface area contributed by atoms with Crippen LogP contribution in [0.4, 0.5) is 5.69 Å². The second-order valence-electron chi connectivity index (χ2n) is 7.19. The number of likely N-dealkylation sites (N-methyl/N-ethyl adjacent to an activating group) is 1. The lowest BCUT2D eigenvalue weighted by Gasteiger charge is -2.20. The standard InChI is InChI=1S/C22H30N4O3S/c1-4-25(5-2)13-14-26-18-11-8-9-16(18)21(24-22(26)28)30-15-20(27)23-17-10-6-7-12-19(17)29-3/h6-7,10,12H,4-5,8-9,11,13-15H2,1-3H3,(H,23,27). The Balaban J connectivity index is 1.70. The van der Waals surface area contributed by atoms with Crippen LogP contribution < -0.4 is 15.7 Å². The van der Waals surface area contributed by atoms with Gasteiger partial charge >= 0.3 is 5.69 Å². The van der Waals surface area contributed by atoms with Crippen molar-refractivity contribution in [2.24, 2.45) is 0 Å². The van der Waals surface area contributed by atoms with Gasteiger partial charge in [0.1, 0.15) is 10.8 Å². The Morgan fingerprint density at radius 2 is 2.03 bits per heavy atom. The first-order valence-corrected chi connectivity index (χ1v) is 11.5. The maximum absolute atomic E-state index is 12.7. The van der Waals surface area contributed by atoms with E-state index >= 15 is 0 Å². The Kier molecular flexibility index (Phi) is 7.93. The minimum atomic E-state index is -0.213. The molecule has 0 atom stereocenters. The highest BCUT2D eigenvalue weighted by Crippen LogP contribution is 2.29. The minimum Gasteiger partial charge on any atom is -0.495 e. The van der Waals surface area contributed by atoms with Gasteiger partial charge in [0.2, 0.25) is 5.91 Å². The molecule has 0 spiro atoms. The fourth-order valence-electron chi connectivity index (χ4n) is 3.79. The van der Waals surface area contributed by atoms with Crippen LogP contribution in [0.15, 0.2) is 34.1 Å². The van der Waals surface area contributed by atoms with E-state index in [1.165, 1.54) is 11.8 Å². The zero-order chi connectivity index (χ0) is 21.5. The van der Waals surface area contributed by atoms with Crippen molar-refractivity contribution in [3.8, 4) is 5.75 Å². The SMILES string of the molecule is CCN(CC)CCn1c2c(c(SCC(=O)Nc3ccccc3OC)nc1=O)CCC2. The Bertz CT molecular complexity index is 940. The molecule has 0 unspecified atom stereocenters. The van der Waals surface area contributed by atoms with Gasteiger partial charge in [-0.05, 0) is 44.5 Å². The van der Waals surface area contributed by atoms with Crippen LogP contribution >= 0.6 is 11.8 Å². The van der Waals surface area contributed by atoms with Crippen LogP contribution in [0.2, 0.25) is 0 Å². The van der Waals surface area contributed by atoms with Gasteiger partial charge in [-0.25, -0.2) is 4.79 Å². The van der Waals surface area contributed by atoms with E-state index in [9.17, 15) is 9.59 Å². The summed E-state index contributed by atoms with van der Waals surface area (Å²) in [7, 11) is 1.57. The molecule has 1 aromatic heterocycles. The summed E-state index contributed by atoms with van der Waals surface area (Å²) in [5, 5.41) is 3.57. The molecule has 0 saturated heterocycles. The molecule has 3 rings (SSSR count).